The van der Waals surface area contributed by atoms with E-state index in [9.17, 15) is 14.4 Å². The molecule has 0 unspecified atom stereocenters. The molecule has 0 fully saturated rings. The largest absolute Gasteiger partial charge is 0.355 e. The molecule has 0 aliphatic carbocycles. The first-order valence-corrected chi connectivity index (χ1v) is 5.80. The van der Waals surface area contributed by atoms with Crippen molar-refractivity contribution in [2.45, 2.75) is 13.5 Å². The molecule has 0 atom stereocenters. The minimum Gasteiger partial charge on any atom is -0.355 e. The summed E-state index contributed by atoms with van der Waals surface area (Å²) in [6.45, 7) is 2.06. The summed E-state index contributed by atoms with van der Waals surface area (Å²) < 4.78 is 0. The van der Waals surface area contributed by atoms with Gasteiger partial charge in [0, 0.05) is 26.2 Å². The minimum atomic E-state index is -0.735. The molecular weight excluding hydrogens is 248 g/mol. The van der Waals surface area contributed by atoms with Gasteiger partial charge in [-0.1, -0.05) is 6.07 Å². The van der Waals surface area contributed by atoms with Crippen molar-refractivity contribution >= 4 is 17.7 Å². The fourth-order valence-electron chi connectivity index (χ4n) is 1.25. The Kier molecular flexibility index (Phi) is 6.00. The van der Waals surface area contributed by atoms with E-state index in [0.29, 0.717) is 5.69 Å². The Bertz CT molecular complexity index is 448. The van der Waals surface area contributed by atoms with Gasteiger partial charge in [0.15, 0.2) is 0 Å². The monoisotopic (exact) mass is 264 g/mol. The summed E-state index contributed by atoms with van der Waals surface area (Å²) in [5.41, 5.74) is 0.668. The van der Waals surface area contributed by atoms with Crippen LogP contribution in [-0.4, -0.2) is 35.8 Å². The molecule has 1 rings (SSSR count). The maximum Gasteiger partial charge on any atom is 0.309 e. The molecule has 0 saturated carbocycles. The average molecular weight is 264 g/mol. The molecule has 1 aromatic heterocycles. The first kappa shape index (κ1) is 14.6. The van der Waals surface area contributed by atoms with Gasteiger partial charge >= 0.3 is 11.8 Å². The van der Waals surface area contributed by atoms with Gasteiger partial charge in [0.1, 0.15) is 0 Å². The number of hydrogen-bond acceptors (Lipinski definition) is 4. The maximum absolute atomic E-state index is 11.4. The molecule has 0 bridgehead atoms. The Morgan fingerprint density at radius 3 is 2.37 bits per heavy atom. The summed E-state index contributed by atoms with van der Waals surface area (Å²) in [6.07, 6.45) is 1.61. The fraction of sp³-hybridized carbons (Fsp3) is 0.333. The van der Waals surface area contributed by atoms with E-state index in [1.807, 2.05) is 0 Å². The van der Waals surface area contributed by atoms with Crippen molar-refractivity contribution in [1.29, 1.82) is 0 Å². The summed E-state index contributed by atoms with van der Waals surface area (Å²) in [4.78, 5) is 37.3. The molecule has 3 N–H and O–H groups in total. The van der Waals surface area contributed by atoms with E-state index < -0.39 is 11.8 Å². The lowest BCUT2D eigenvalue weighted by molar-refractivity contribution is -0.139. The zero-order valence-electron chi connectivity index (χ0n) is 10.6. The number of carbonyl (C=O) groups excluding carboxylic acids is 3. The number of aromatic nitrogens is 1. The second-order valence-corrected chi connectivity index (χ2v) is 3.74. The Labute approximate surface area is 110 Å². The SMILES string of the molecule is CC(=O)NCCNC(=O)C(=O)NCc1ccccn1. The Balaban J connectivity index is 2.22. The van der Waals surface area contributed by atoms with Crippen molar-refractivity contribution in [2.75, 3.05) is 13.1 Å². The molecular formula is C12H16N4O3. The van der Waals surface area contributed by atoms with Crippen molar-refractivity contribution < 1.29 is 14.4 Å². The molecule has 19 heavy (non-hydrogen) atoms. The molecule has 102 valence electrons. The quantitative estimate of drug-likeness (QED) is 0.466. The number of nitrogens with one attached hydrogen (secondary N) is 3. The van der Waals surface area contributed by atoms with E-state index in [1.165, 1.54) is 6.92 Å². The van der Waals surface area contributed by atoms with Crippen LogP contribution in [0.4, 0.5) is 0 Å². The van der Waals surface area contributed by atoms with Gasteiger partial charge in [-0.3, -0.25) is 19.4 Å². The molecule has 1 aromatic rings. The number of rotatable bonds is 5. The molecule has 0 radical (unpaired) electrons. The van der Waals surface area contributed by atoms with Crippen LogP contribution in [0.5, 0.6) is 0 Å². The fourth-order valence-corrected chi connectivity index (χ4v) is 1.25. The number of nitrogens with zero attached hydrogens (tertiary/aromatic N) is 1. The standard InChI is InChI=1S/C12H16N4O3/c1-9(17)13-6-7-15-11(18)12(19)16-8-10-4-2-3-5-14-10/h2-5H,6-8H2,1H3,(H,13,17)(H,15,18)(H,16,19). The van der Waals surface area contributed by atoms with Crippen LogP contribution in [0.15, 0.2) is 24.4 Å². The third-order valence-electron chi connectivity index (χ3n) is 2.15. The molecule has 7 nitrogen and oxygen atoms in total. The topological polar surface area (TPSA) is 100 Å². The lowest BCUT2D eigenvalue weighted by Crippen LogP contribution is -2.42. The van der Waals surface area contributed by atoms with E-state index >= 15 is 0 Å². The molecule has 0 spiro atoms. The van der Waals surface area contributed by atoms with Crippen molar-refractivity contribution in [3.63, 3.8) is 0 Å². The molecule has 0 aliphatic rings. The van der Waals surface area contributed by atoms with Gasteiger partial charge in [0.2, 0.25) is 5.91 Å². The van der Waals surface area contributed by atoms with Crippen LogP contribution in [0.25, 0.3) is 0 Å². The second kappa shape index (κ2) is 7.80. The molecule has 1 heterocycles. The van der Waals surface area contributed by atoms with E-state index in [0.717, 1.165) is 0 Å². The van der Waals surface area contributed by atoms with Gasteiger partial charge in [0.25, 0.3) is 0 Å². The van der Waals surface area contributed by atoms with Gasteiger partial charge in [-0.15, -0.1) is 0 Å². The zero-order valence-corrected chi connectivity index (χ0v) is 10.6. The second-order valence-electron chi connectivity index (χ2n) is 3.74. The Hall–Kier alpha value is -2.44. The highest BCUT2D eigenvalue weighted by molar-refractivity contribution is 6.35. The number of carbonyl (C=O) groups is 3. The predicted molar refractivity (Wildman–Crippen MR) is 67.8 cm³/mol. The van der Waals surface area contributed by atoms with Gasteiger partial charge in [0.05, 0.1) is 12.2 Å². The maximum atomic E-state index is 11.4. The lowest BCUT2D eigenvalue weighted by atomic mass is 10.3. The smallest absolute Gasteiger partial charge is 0.309 e. The van der Waals surface area contributed by atoms with Crippen LogP contribution in [0, 0.1) is 0 Å². The van der Waals surface area contributed by atoms with Crippen LogP contribution in [0.2, 0.25) is 0 Å². The van der Waals surface area contributed by atoms with Crippen LogP contribution >= 0.6 is 0 Å². The highest BCUT2D eigenvalue weighted by Crippen LogP contribution is 1.91. The van der Waals surface area contributed by atoms with Gasteiger partial charge in [-0.2, -0.15) is 0 Å². The molecule has 0 aromatic carbocycles. The first-order valence-electron chi connectivity index (χ1n) is 5.80. The molecule has 0 saturated heterocycles. The van der Waals surface area contributed by atoms with Gasteiger partial charge < -0.3 is 16.0 Å². The van der Waals surface area contributed by atoms with Crippen molar-refractivity contribution in [2.24, 2.45) is 0 Å². The Morgan fingerprint density at radius 2 is 1.74 bits per heavy atom. The van der Waals surface area contributed by atoms with Crippen molar-refractivity contribution in [3.8, 4) is 0 Å². The zero-order chi connectivity index (χ0) is 14.1. The molecule has 7 heteroatoms. The van der Waals surface area contributed by atoms with Gasteiger partial charge in [-0.25, -0.2) is 0 Å². The van der Waals surface area contributed by atoms with E-state index in [4.69, 9.17) is 0 Å². The minimum absolute atomic E-state index is 0.186. The number of hydrogen-bond donors (Lipinski definition) is 3. The third-order valence-corrected chi connectivity index (χ3v) is 2.15. The van der Waals surface area contributed by atoms with E-state index in [1.54, 1.807) is 24.4 Å². The van der Waals surface area contributed by atoms with E-state index in [-0.39, 0.29) is 25.5 Å². The summed E-state index contributed by atoms with van der Waals surface area (Å²) in [7, 11) is 0. The van der Waals surface area contributed by atoms with E-state index in [2.05, 4.69) is 20.9 Å². The molecule has 0 aliphatic heterocycles. The number of pyridine rings is 1. The van der Waals surface area contributed by atoms with Crippen LogP contribution in [0.1, 0.15) is 12.6 Å². The third kappa shape index (κ3) is 6.16. The van der Waals surface area contributed by atoms with Crippen LogP contribution in [0.3, 0.4) is 0 Å². The summed E-state index contributed by atoms with van der Waals surface area (Å²) in [5.74, 6) is -1.65. The number of amides is 3. The first-order chi connectivity index (χ1) is 9.09. The normalized spacial score (nSPS) is 9.53. The summed E-state index contributed by atoms with van der Waals surface area (Å²) in [5, 5.41) is 7.34. The summed E-state index contributed by atoms with van der Waals surface area (Å²) >= 11 is 0. The van der Waals surface area contributed by atoms with Gasteiger partial charge in [-0.05, 0) is 12.1 Å². The highest BCUT2D eigenvalue weighted by atomic mass is 16.2. The van der Waals surface area contributed by atoms with Crippen LogP contribution < -0.4 is 16.0 Å². The molecule has 3 amide bonds. The lowest BCUT2D eigenvalue weighted by Gasteiger charge is -2.06. The predicted octanol–water partition coefficient (Wildman–Crippen LogP) is -1.05. The van der Waals surface area contributed by atoms with Crippen molar-refractivity contribution in [3.05, 3.63) is 30.1 Å². The van der Waals surface area contributed by atoms with Crippen molar-refractivity contribution in [1.82, 2.24) is 20.9 Å². The summed E-state index contributed by atoms with van der Waals surface area (Å²) in [6, 6.07) is 5.30. The Morgan fingerprint density at radius 1 is 1.05 bits per heavy atom. The average Bonchev–Trinajstić information content (AvgIpc) is 2.41. The van der Waals surface area contributed by atoms with Crippen LogP contribution in [-0.2, 0) is 20.9 Å². The highest BCUT2D eigenvalue weighted by Gasteiger charge is 2.12.